The molecule has 3 aliphatic rings. The van der Waals surface area contributed by atoms with Gasteiger partial charge in [0.1, 0.15) is 18.5 Å². The van der Waals surface area contributed by atoms with Crippen molar-refractivity contribution in [2.75, 3.05) is 21.0 Å². The molecule has 0 aromatic carbocycles. The Morgan fingerprint density at radius 3 is 2.58 bits per heavy atom. The third kappa shape index (κ3) is 2.47. The second-order valence-electron chi connectivity index (χ2n) is 8.04. The molecule has 2 aliphatic carbocycles. The van der Waals surface area contributed by atoms with Gasteiger partial charge < -0.3 is 29.2 Å². The highest BCUT2D eigenvalue weighted by atomic mass is 16.7. The number of rotatable bonds is 4. The summed E-state index contributed by atoms with van der Waals surface area (Å²) < 4.78 is 22.7. The summed E-state index contributed by atoms with van der Waals surface area (Å²) in [6, 6.07) is 0. The first kappa shape index (κ1) is 18.3. The molecule has 0 spiro atoms. The maximum Gasteiger partial charge on any atom is 0.161 e. The molecule has 2 fully saturated rings. The van der Waals surface area contributed by atoms with Crippen LogP contribution in [0.5, 0.6) is 0 Å². The zero-order valence-corrected chi connectivity index (χ0v) is 15.2. The Kier molecular flexibility index (Phi) is 4.83. The van der Waals surface area contributed by atoms with Gasteiger partial charge in [0.15, 0.2) is 6.29 Å². The van der Waals surface area contributed by atoms with E-state index in [2.05, 4.69) is 13.8 Å². The van der Waals surface area contributed by atoms with Crippen LogP contribution < -0.4 is 0 Å². The van der Waals surface area contributed by atoms with Gasteiger partial charge >= 0.3 is 0 Å². The molecule has 6 nitrogen and oxygen atoms in total. The monoisotopic (exact) mass is 342 g/mol. The van der Waals surface area contributed by atoms with Crippen molar-refractivity contribution in [2.45, 2.75) is 63.8 Å². The molecule has 0 aromatic heterocycles. The van der Waals surface area contributed by atoms with Crippen LogP contribution in [0.25, 0.3) is 0 Å². The van der Waals surface area contributed by atoms with Gasteiger partial charge in [-0.15, -0.1) is 0 Å². The first-order chi connectivity index (χ1) is 11.3. The number of hydrogen-bond donors (Lipinski definition) is 2. The van der Waals surface area contributed by atoms with Crippen molar-refractivity contribution < 1.29 is 29.2 Å². The summed E-state index contributed by atoms with van der Waals surface area (Å²) in [6.07, 6.45) is 0.977. The van der Waals surface area contributed by atoms with Crippen LogP contribution in [0, 0.1) is 17.3 Å². The highest BCUT2D eigenvalue weighted by Crippen LogP contribution is 2.67. The normalized spacial score (nSPS) is 49.2. The Labute approximate surface area is 143 Å². The van der Waals surface area contributed by atoms with Gasteiger partial charge in [0.2, 0.25) is 0 Å². The first-order valence-electron chi connectivity index (χ1n) is 8.63. The van der Waals surface area contributed by atoms with Crippen LogP contribution in [0.1, 0.15) is 33.6 Å². The molecule has 0 radical (unpaired) electrons. The summed E-state index contributed by atoms with van der Waals surface area (Å²) in [5.74, 6) is -0.244. The van der Waals surface area contributed by atoms with Gasteiger partial charge in [0.25, 0.3) is 0 Å². The Morgan fingerprint density at radius 1 is 1.29 bits per heavy atom. The minimum atomic E-state index is -0.988. The molecule has 1 heterocycles. The average molecular weight is 342 g/mol. The largest absolute Gasteiger partial charge is 0.390 e. The van der Waals surface area contributed by atoms with E-state index in [1.807, 2.05) is 13.0 Å². The smallest absolute Gasteiger partial charge is 0.161 e. The number of hydrogen-bond acceptors (Lipinski definition) is 6. The van der Waals surface area contributed by atoms with E-state index < -0.39 is 24.1 Å². The van der Waals surface area contributed by atoms with Gasteiger partial charge in [0.05, 0.1) is 12.2 Å². The summed E-state index contributed by atoms with van der Waals surface area (Å²) in [5, 5.41) is 21.7. The van der Waals surface area contributed by atoms with Crippen LogP contribution in [0.15, 0.2) is 11.6 Å². The molecular formula is C18H30O6. The van der Waals surface area contributed by atoms with Crippen LogP contribution in [0.2, 0.25) is 0 Å². The van der Waals surface area contributed by atoms with Crippen molar-refractivity contribution in [1.29, 1.82) is 0 Å². The molecular weight excluding hydrogens is 312 g/mol. The summed E-state index contributed by atoms with van der Waals surface area (Å²) in [5.41, 5.74) is 0.0804. The quantitative estimate of drug-likeness (QED) is 0.595. The van der Waals surface area contributed by atoms with Crippen LogP contribution in [0.3, 0.4) is 0 Å². The van der Waals surface area contributed by atoms with Crippen molar-refractivity contribution in [2.24, 2.45) is 17.3 Å². The van der Waals surface area contributed by atoms with Crippen LogP contribution in [0.4, 0.5) is 0 Å². The third-order valence-corrected chi connectivity index (χ3v) is 6.26. The Balaban J connectivity index is 2.04. The van der Waals surface area contributed by atoms with Gasteiger partial charge in [-0.3, -0.25) is 0 Å². The predicted octanol–water partition coefficient (Wildman–Crippen LogP) is 1.45. The molecule has 2 N–H and O–H groups in total. The lowest BCUT2D eigenvalue weighted by Crippen LogP contribution is -2.67. The molecule has 0 unspecified atom stereocenters. The third-order valence-electron chi connectivity index (χ3n) is 6.26. The molecule has 0 amide bonds. The fourth-order valence-electron chi connectivity index (χ4n) is 5.22. The molecule has 3 rings (SSSR count). The first-order valence-corrected chi connectivity index (χ1v) is 8.63. The Bertz CT molecular complexity index is 504. The Morgan fingerprint density at radius 2 is 2.00 bits per heavy atom. The Hall–Kier alpha value is -0.500. The van der Waals surface area contributed by atoms with E-state index in [1.165, 1.54) is 0 Å². The maximum absolute atomic E-state index is 11.0. The molecule has 1 saturated heterocycles. The van der Waals surface area contributed by atoms with Gasteiger partial charge in [-0.25, -0.2) is 0 Å². The highest BCUT2D eigenvalue weighted by molar-refractivity contribution is 5.24. The number of ether oxygens (including phenoxy) is 4. The molecule has 24 heavy (non-hydrogen) atoms. The molecule has 0 aromatic rings. The van der Waals surface area contributed by atoms with Crippen molar-refractivity contribution in [1.82, 2.24) is 0 Å². The van der Waals surface area contributed by atoms with E-state index in [0.29, 0.717) is 6.42 Å². The summed E-state index contributed by atoms with van der Waals surface area (Å²) in [6.45, 7) is 6.29. The summed E-state index contributed by atoms with van der Waals surface area (Å²) in [4.78, 5) is 0. The molecule has 1 saturated carbocycles. The van der Waals surface area contributed by atoms with Crippen molar-refractivity contribution in [3.8, 4) is 0 Å². The second-order valence-corrected chi connectivity index (χ2v) is 8.04. The van der Waals surface area contributed by atoms with Crippen LogP contribution in [-0.4, -0.2) is 61.4 Å². The predicted molar refractivity (Wildman–Crippen MR) is 87.1 cm³/mol. The summed E-state index contributed by atoms with van der Waals surface area (Å²) in [7, 11) is 3.20. The standard InChI is InChI=1S/C18H30O6/c1-10-6-12(22-5)15(23-9-21-4)14-11-8-17(2,3)18(11,13(19)7-10)24-16(14)20/h6,11-16,19-20H,7-9H2,1-5H3/b10-6+/t11-,12-,13+,14+,15+,16-,18-/m1/s1. The molecule has 1 aliphatic heterocycles. The van der Waals surface area contributed by atoms with Crippen molar-refractivity contribution in [3.05, 3.63) is 11.6 Å². The van der Waals surface area contributed by atoms with Gasteiger partial charge in [-0.1, -0.05) is 25.5 Å². The zero-order valence-electron chi connectivity index (χ0n) is 15.2. The second kappa shape index (κ2) is 6.34. The fourth-order valence-corrected chi connectivity index (χ4v) is 5.22. The van der Waals surface area contributed by atoms with E-state index in [9.17, 15) is 10.2 Å². The topological polar surface area (TPSA) is 77.4 Å². The highest BCUT2D eigenvalue weighted by Gasteiger charge is 2.74. The lowest BCUT2D eigenvalue weighted by Gasteiger charge is -2.60. The number of aliphatic hydroxyl groups is 2. The number of methoxy groups -OCH3 is 2. The molecule has 7 atom stereocenters. The van der Waals surface area contributed by atoms with E-state index in [-0.39, 0.29) is 30.1 Å². The molecule has 6 heteroatoms. The maximum atomic E-state index is 11.0. The van der Waals surface area contributed by atoms with Crippen LogP contribution >= 0.6 is 0 Å². The SMILES string of the molecule is COCO[C@@H]1[C@H]2[C@H](O)O[C@]3([C@@H]2CC3(C)C)[C@@H](O)C/C(C)=C/[C@H]1OC. The van der Waals surface area contributed by atoms with E-state index >= 15 is 0 Å². The average Bonchev–Trinajstić information content (AvgIpc) is 2.77. The number of aliphatic hydroxyl groups excluding tert-OH is 2. The van der Waals surface area contributed by atoms with Gasteiger partial charge in [-0.05, 0) is 25.2 Å². The van der Waals surface area contributed by atoms with Crippen LogP contribution in [-0.2, 0) is 18.9 Å². The van der Waals surface area contributed by atoms with Gasteiger partial charge in [0, 0.05) is 26.1 Å². The molecule has 2 bridgehead atoms. The zero-order chi connectivity index (χ0) is 17.7. The lowest BCUT2D eigenvalue weighted by atomic mass is 9.47. The minimum Gasteiger partial charge on any atom is -0.390 e. The fraction of sp³-hybridized carbons (Fsp3) is 0.889. The van der Waals surface area contributed by atoms with Gasteiger partial charge in [-0.2, -0.15) is 0 Å². The van der Waals surface area contributed by atoms with E-state index in [0.717, 1.165) is 12.0 Å². The van der Waals surface area contributed by atoms with Crippen molar-refractivity contribution in [3.63, 3.8) is 0 Å². The molecule has 138 valence electrons. The lowest BCUT2D eigenvalue weighted by molar-refractivity contribution is -0.272. The summed E-state index contributed by atoms with van der Waals surface area (Å²) >= 11 is 0. The van der Waals surface area contributed by atoms with E-state index in [1.54, 1.807) is 14.2 Å². The van der Waals surface area contributed by atoms with Crippen molar-refractivity contribution >= 4 is 0 Å². The minimum absolute atomic E-state index is 0.0244. The van der Waals surface area contributed by atoms with E-state index in [4.69, 9.17) is 18.9 Å².